The van der Waals surface area contributed by atoms with Crippen LogP contribution in [0.4, 0.5) is 0 Å². The van der Waals surface area contributed by atoms with E-state index in [9.17, 15) is 4.79 Å². The first-order chi connectivity index (χ1) is 14.7. The van der Waals surface area contributed by atoms with Crippen molar-refractivity contribution in [3.63, 3.8) is 0 Å². The van der Waals surface area contributed by atoms with Gasteiger partial charge in [-0.2, -0.15) is 0 Å². The summed E-state index contributed by atoms with van der Waals surface area (Å²) in [6.45, 7) is 3.41. The van der Waals surface area contributed by atoms with E-state index in [2.05, 4.69) is 34.2 Å². The molecule has 4 aromatic rings. The number of pyridine rings is 1. The van der Waals surface area contributed by atoms with Gasteiger partial charge >= 0.3 is 0 Å². The highest BCUT2D eigenvalue weighted by atomic mass is 16.2. The monoisotopic (exact) mass is 396 g/mol. The summed E-state index contributed by atoms with van der Waals surface area (Å²) in [5, 5.41) is 0. The molecule has 1 N–H and O–H groups in total. The molecule has 30 heavy (non-hydrogen) atoms. The van der Waals surface area contributed by atoms with Gasteiger partial charge in [-0.25, -0.2) is 4.98 Å². The molecule has 0 unspecified atom stereocenters. The average molecular weight is 396 g/mol. The number of aromatic amines is 1. The molecule has 5 heteroatoms. The van der Waals surface area contributed by atoms with Gasteiger partial charge in [-0.1, -0.05) is 36.4 Å². The summed E-state index contributed by atoms with van der Waals surface area (Å²) in [7, 11) is 0. The highest BCUT2D eigenvalue weighted by Crippen LogP contribution is 2.28. The highest BCUT2D eigenvalue weighted by Gasteiger charge is 2.26. The second kappa shape index (κ2) is 7.75. The first-order valence-electron chi connectivity index (χ1n) is 10.5. The Morgan fingerprint density at radius 1 is 1.03 bits per heavy atom. The third-order valence-electron chi connectivity index (χ3n) is 5.81. The van der Waals surface area contributed by atoms with Crippen molar-refractivity contribution in [2.75, 3.05) is 13.1 Å². The third-order valence-corrected chi connectivity index (χ3v) is 5.81. The average Bonchev–Trinajstić information content (AvgIpc) is 3.18. The van der Waals surface area contributed by atoms with E-state index in [-0.39, 0.29) is 11.8 Å². The lowest BCUT2D eigenvalue weighted by Gasteiger charge is -2.32. The summed E-state index contributed by atoms with van der Waals surface area (Å²) < 4.78 is 0. The van der Waals surface area contributed by atoms with Crippen LogP contribution in [-0.4, -0.2) is 38.8 Å². The third kappa shape index (κ3) is 3.59. The van der Waals surface area contributed by atoms with Crippen molar-refractivity contribution in [3.8, 4) is 11.3 Å². The number of H-pyrrole nitrogens is 1. The van der Waals surface area contributed by atoms with Gasteiger partial charge in [0.05, 0.1) is 16.7 Å². The standard InChI is InChI=1S/C25H24N4O/c1-17-26-23-13-12-19(15-24(23)27-17)25(30)29-14-6-9-20(16-29)22-11-5-10-21(28-22)18-7-3-2-4-8-18/h2-5,7-8,10-13,15,20H,6,9,14,16H2,1H3,(H,26,27)/t20-/m1/s1. The van der Waals surface area contributed by atoms with Crippen LogP contribution in [0.15, 0.2) is 66.7 Å². The van der Waals surface area contributed by atoms with Crippen LogP contribution in [0.1, 0.15) is 40.6 Å². The zero-order valence-electron chi connectivity index (χ0n) is 17.0. The van der Waals surface area contributed by atoms with Crippen LogP contribution in [0.25, 0.3) is 22.3 Å². The Balaban J connectivity index is 1.37. The van der Waals surface area contributed by atoms with Gasteiger partial charge in [0.15, 0.2) is 0 Å². The van der Waals surface area contributed by atoms with Crippen molar-refractivity contribution in [3.05, 3.63) is 83.8 Å². The number of aryl methyl sites for hydroxylation is 1. The molecule has 1 amide bonds. The molecule has 3 heterocycles. The predicted molar refractivity (Wildman–Crippen MR) is 118 cm³/mol. The molecule has 0 spiro atoms. The SMILES string of the molecule is Cc1nc2ccc(C(=O)N3CCC[C@@H](c4cccc(-c5ccccc5)n4)C3)cc2[nH]1. The normalized spacial score (nSPS) is 16.7. The minimum Gasteiger partial charge on any atom is -0.342 e. The van der Waals surface area contributed by atoms with Crippen molar-refractivity contribution in [1.29, 1.82) is 0 Å². The summed E-state index contributed by atoms with van der Waals surface area (Å²) in [6, 6.07) is 22.1. The molecular weight excluding hydrogens is 372 g/mol. The molecule has 2 aromatic heterocycles. The minimum absolute atomic E-state index is 0.0769. The Morgan fingerprint density at radius 3 is 2.77 bits per heavy atom. The number of aromatic nitrogens is 3. The van der Waals surface area contributed by atoms with Crippen molar-refractivity contribution in [1.82, 2.24) is 19.9 Å². The lowest BCUT2D eigenvalue weighted by atomic mass is 9.93. The molecule has 0 bridgehead atoms. The number of fused-ring (bicyclic) bond motifs is 1. The van der Waals surface area contributed by atoms with E-state index in [4.69, 9.17) is 4.98 Å². The number of amides is 1. The van der Waals surface area contributed by atoms with E-state index in [0.29, 0.717) is 12.1 Å². The maximum absolute atomic E-state index is 13.2. The van der Waals surface area contributed by atoms with Crippen LogP contribution in [0.3, 0.4) is 0 Å². The van der Waals surface area contributed by atoms with Crippen LogP contribution in [0.2, 0.25) is 0 Å². The number of carbonyl (C=O) groups excluding carboxylic acids is 1. The summed E-state index contributed by atoms with van der Waals surface area (Å²) in [5.74, 6) is 1.19. The molecule has 2 aromatic carbocycles. The van der Waals surface area contributed by atoms with E-state index >= 15 is 0 Å². The number of rotatable bonds is 3. The molecule has 5 nitrogen and oxygen atoms in total. The smallest absolute Gasteiger partial charge is 0.253 e. The molecule has 150 valence electrons. The number of piperidine rings is 1. The maximum Gasteiger partial charge on any atom is 0.253 e. The van der Waals surface area contributed by atoms with Crippen molar-refractivity contribution in [2.45, 2.75) is 25.7 Å². The molecule has 5 rings (SSSR count). The first kappa shape index (κ1) is 18.6. The molecule has 1 saturated heterocycles. The van der Waals surface area contributed by atoms with Gasteiger partial charge < -0.3 is 9.88 Å². The van der Waals surface area contributed by atoms with Crippen LogP contribution < -0.4 is 0 Å². The number of hydrogen-bond acceptors (Lipinski definition) is 3. The van der Waals surface area contributed by atoms with Gasteiger partial charge in [0, 0.05) is 35.8 Å². The molecule has 0 radical (unpaired) electrons. The second-order valence-corrected chi connectivity index (χ2v) is 7.96. The zero-order valence-corrected chi connectivity index (χ0v) is 17.0. The lowest BCUT2D eigenvalue weighted by molar-refractivity contribution is 0.0706. The van der Waals surface area contributed by atoms with Crippen LogP contribution in [0.5, 0.6) is 0 Å². The fraction of sp³-hybridized carbons (Fsp3) is 0.240. The van der Waals surface area contributed by atoms with Gasteiger partial charge in [0.25, 0.3) is 5.91 Å². The van der Waals surface area contributed by atoms with Gasteiger partial charge in [-0.3, -0.25) is 9.78 Å². The summed E-state index contributed by atoms with van der Waals surface area (Å²) in [4.78, 5) is 27.7. The molecule has 1 aliphatic heterocycles. The largest absolute Gasteiger partial charge is 0.342 e. The fourth-order valence-corrected chi connectivity index (χ4v) is 4.30. The first-order valence-corrected chi connectivity index (χ1v) is 10.5. The second-order valence-electron chi connectivity index (χ2n) is 7.96. The predicted octanol–water partition coefficient (Wildman–Crippen LogP) is 4.95. The number of likely N-dealkylation sites (tertiary alicyclic amines) is 1. The molecule has 1 fully saturated rings. The summed E-state index contributed by atoms with van der Waals surface area (Å²) in [6.07, 6.45) is 2.03. The van der Waals surface area contributed by atoms with Crippen LogP contribution in [-0.2, 0) is 0 Å². The molecule has 1 atom stereocenters. The van der Waals surface area contributed by atoms with E-state index in [1.165, 1.54) is 0 Å². The van der Waals surface area contributed by atoms with Crippen molar-refractivity contribution in [2.24, 2.45) is 0 Å². The van der Waals surface area contributed by atoms with Crippen LogP contribution in [0, 0.1) is 6.92 Å². The number of nitrogens with zero attached hydrogens (tertiary/aromatic N) is 3. The van der Waals surface area contributed by atoms with Gasteiger partial charge in [0.1, 0.15) is 5.82 Å². The Kier molecular flexibility index (Phi) is 4.79. The number of imidazole rings is 1. The van der Waals surface area contributed by atoms with Crippen molar-refractivity contribution < 1.29 is 4.79 Å². The van der Waals surface area contributed by atoms with Gasteiger partial charge in [-0.05, 0) is 50.1 Å². The van der Waals surface area contributed by atoms with Gasteiger partial charge in [0.2, 0.25) is 0 Å². The molecular formula is C25H24N4O. The fourth-order valence-electron chi connectivity index (χ4n) is 4.30. The molecule has 0 aliphatic carbocycles. The summed E-state index contributed by atoms with van der Waals surface area (Å²) >= 11 is 0. The maximum atomic E-state index is 13.2. The Bertz CT molecular complexity index is 1200. The Hall–Kier alpha value is -3.47. The number of benzene rings is 2. The summed E-state index contributed by atoms with van der Waals surface area (Å²) in [5.41, 5.74) is 5.67. The van der Waals surface area contributed by atoms with E-state index < -0.39 is 0 Å². The van der Waals surface area contributed by atoms with Crippen LogP contribution >= 0.6 is 0 Å². The lowest BCUT2D eigenvalue weighted by Crippen LogP contribution is -2.39. The van der Waals surface area contributed by atoms with E-state index in [0.717, 1.165) is 53.2 Å². The number of carbonyl (C=O) groups is 1. The Labute approximate surface area is 175 Å². The number of hydrogen-bond donors (Lipinski definition) is 1. The highest BCUT2D eigenvalue weighted by molar-refractivity contribution is 5.97. The van der Waals surface area contributed by atoms with E-state index in [1.54, 1.807) is 0 Å². The zero-order chi connectivity index (χ0) is 20.5. The Morgan fingerprint density at radius 2 is 1.90 bits per heavy atom. The van der Waals surface area contributed by atoms with Gasteiger partial charge in [-0.15, -0.1) is 0 Å². The number of nitrogens with one attached hydrogen (secondary N) is 1. The van der Waals surface area contributed by atoms with Crippen molar-refractivity contribution >= 4 is 16.9 Å². The van der Waals surface area contributed by atoms with E-state index in [1.807, 2.05) is 54.3 Å². The quantitative estimate of drug-likeness (QED) is 0.533. The molecule has 1 aliphatic rings. The molecule has 0 saturated carbocycles. The topological polar surface area (TPSA) is 61.9 Å². The minimum atomic E-state index is 0.0769.